The van der Waals surface area contributed by atoms with E-state index < -0.39 is 10.0 Å². The zero-order valence-corrected chi connectivity index (χ0v) is 11.4. The third kappa shape index (κ3) is 2.47. The monoisotopic (exact) mass is 267 g/mol. The van der Waals surface area contributed by atoms with Gasteiger partial charge in [-0.25, -0.2) is 8.42 Å². The fourth-order valence-corrected chi connectivity index (χ4v) is 3.82. The molecule has 4 nitrogen and oxygen atoms in total. The van der Waals surface area contributed by atoms with E-state index in [1.54, 1.807) is 31.2 Å². The summed E-state index contributed by atoms with van der Waals surface area (Å²) in [5.74, 6) is 0.137. The Hall–Kier alpha value is -1.20. The van der Waals surface area contributed by atoms with Crippen LogP contribution in [0.5, 0.6) is 0 Å². The molecule has 1 saturated heterocycles. The van der Waals surface area contributed by atoms with E-state index in [1.165, 1.54) is 4.31 Å². The first-order valence-corrected chi connectivity index (χ1v) is 7.45. The molecular weight excluding hydrogens is 250 g/mol. The lowest BCUT2D eigenvalue weighted by Gasteiger charge is -2.31. The Morgan fingerprint density at radius 3 is 2.39 bits per heavy atom. The number of carbonyl (C=O) groups is 1. The van der Waals surface area contributed by atoms with Crippen molar-refractivity contribution in [2.45, 2.75) is 37.6 Å². The molecule has 0 aromatic heterocycles. The number of aryl methyl sites for hydroxylation is 1. The Labute approximate surface area is 108 Å². The summed E-state index contributed by atoms with van der Waals surface area (Å²) in [4.78, 5) is 11.6. The van der Waals surface area contributed by atoms with Gasteiger partial charge in [0.25, 0.3) is 0 Å². The van der Waals surface area contributed by atoms with Gasteiger partial charge in [0.1, 0.15) is 5.78 Å². The molecule has 1 aliphatic heterocycles. The van der Waals surface area contributed by atoms with Crippen molar-refractivity contribution in [2.24, 2.45) is 0 Å². The van der Waals surface area contributed by atoms with Crippen LogP contribution in [0, 0.1) is 6.92 Å². The molecule has 1 aromatic carbocycles. The van der Waals surface area contributed by atoms with Gasteiger partial charge in [-0.15, -0.1) is 0 Å². The molecule has 1 heterocycles. The number of piperidine rings is 1. The molecule has 0 radical (unpaired) electrons. The molecule has 2 rings (SSSR count). The minimum atomic E-state index is -3.47. The number of hydrogen-bond acceptors (Lipinski definition) is 3. The minimum Gasteiger partial charge on any atom is -0.300 e. The van der Waals surface area contributed by atoms with E-state index in [1.807, 2.05) is 6.92 Å². The summed E-state index contributed by atoms with van der Waals surface area (Å²) in [5.41, 5.74) is 1.02. The molecule has 1 aromatic rings. The SMILES string of the molecule is Cc1ccc(S(=O)(=O)N2CCC(=O)C[C@@H]2C)cc1. The largest absolute Gasteiger partial charge is 0.300 e. The zero-order chi connectivity index (χ0) is 13.3. The maximum absolute atomic E-state index is 12.4. The van der Waals surface area contributed by atoms with Crippen LogP contribution in [-0.4, -0.2) is 31.1 Å². The first-order valence-electron chi connectivity index (χ1n) is 6.01. The number of ketones is 1. The van der Waals surface area contributed by atoms with Crippen molar-refractivity contribution in [3.63, 3.8) is 0 Å². The molecule has 5 heteroatoms. The normalized spacial score (nSPS) is 22.1. The number of rotatable bonds is 2. The second kappa shape index (κ2) is 4.82. The summed E-state index contributed by atoms with van der Waals surface area (Å²) in [6.07, 6.45) is 0.626. The molecule has 1 fully saturated rings. The zero-order valence-electron chi connectivity index (χ0n) is 10.6. The smallest absolute Gasteiger partial charge is 0.243 e. The van der Waals surface area contributed by atoms with Gasteiger partial charge < -0.3 is 0 Å². The highest BCUT2D eigenvalue weighted by atomic mass is 32.2. The topological polar surface area (TPSA) is 54.5 Å². The quantitative estimate of drug-likeness (QED) is 0.820. The second-order valence-corrected chi connectivity index (χ2v) is 6.66. The van der Waals surface area contributed by atoms with Crippen LogP contribution in [0.3, 0.4) is 0 Å². The minimum absolute atomic E-state index is 0.137. The van der Waals surface area contributed by atoms with E-state index in [4.69, 9.17) is 0 Å². The molecule has 0 aliphatic carbocycles. The fourth-order valence-electron chi connectivity index (χ4n) is 2.19. The Morgan fingerprint density at radius 1 is 1.22 bits per heavy atom. The van der Waals surface area contributed by atoms with Gasteiger partial charge in [0, 0.05) is 25.4 Å². The van der Waals surface area contributed by atoms with E-state index >= 15 is 0 Å². The number of nitrogens with zero attached hydrogens (tertiary/aromatic N) is 1. The van der Waals surface area contributed by atoms with Crippen molar-refractivity contribution in [1.82, 2.24) is 4.31 Å². The third-order valence-electron chi connectivity index (χ3n) is 3.25. The van der Waals surface area contributed by atoms with Gasteiger partial charge in [0.15, 0.2) is 0 Å². The predicted octanol–water partition coefficient (Wildman–Crippen LogP) is 1.74. The Kier molecular flexibility index (Phi) is 3.54. The number of hydrogen-bond donors (Lipinski definition) is 0. The van der Waals surface area contributed by atoms with Crippen molar-refractivity contribution in [2.75, 3.05) is 6.54 Å². The standard InChI is InChI=1S/C13H17NO3S/c1-10-3-5-13(6-4-10)18(16,17)14-8-7-12(15)9-11(14)2/h3-6,11H,7-9H2,1-2H3/t11-/m0/s1. The van der Waals surface area contributed by atoms with Crippen LogP contribution < -0.4 is 0 Å². The van der Waals surface area contributed by atoms with E-state index in [9.17, 15) is 13.2 Å². The van der Waals surface area contributed by atoms with E-state index in [-0.39, 0.29) is 18.4 Å². The van der Waals surface area contributed by atoms with Crippen molar-refractivity contribution >= 4 is 15.8 Å². The van der Waals surface area contributed by atoms with Crippen LogP contribution >= 0.6 is 0 Å². The van der Waals surface area contributed by atoms with Crippen LogP contribution in [0.15, 0.2) is 29.2 Å². The summed E-state index contributed by atoms with van der Waals surface area (Å²) in [7, 11) is -3.47. The number of sulfonamides is 1. The van der Waals surface area contributed by atoms with Crippen LogP contribution in [0.1, 0.15) is 25.3 Å². The van der Waals surface area contributed by atoms with Crippen LogP contribution in [0.2, 0.25) is 0 Å². The summed E-state index contributed by atoms with van der Waals surface area (Å²) in [6.45, 7) is 3.98. The Balaban J connectivity index is 2.31. The molecule has 0 N–H and O–H groups in total. The van der Waals surface area contributed by atoms with Crippen molar-refractivity contribution in [3.8, 4) is 0 Å². The van der Waals surface area contributed by atoms with Crippen LogP contribution in [0.4, 0.5) is 0 Å². The van der Waals surface area contributed by atoms with Crippen molar-refractivity contribution in [1.29, 1.82) is 0 Å². The van der Waals surface area contributed by atoms with E-state index in [0.29, 0.717) is 17.7 Å². The Morgan fingerprint density at radius 2 is 1.83 bits per heavy atom. The molecule has 0 saturated carbocycles. The van der Waals surface area contributed by atoms with Crippen molar-refractivity contribution in [3.05, 3.63) is 29.8 Å². The van der Waals surface area contributed by atoms with Crippen molar-refractivity contribution < 1.29 is 13.2 Å². The summed E-state index contributed by atoms with van der Waals surface area (Å²) < 4.78 is 26.3. The van der Waals surface area contributed by atoms with E-state index in [2.05, 4.69) is 0 Å². The lowest BCUT2D eigenvalue weighted by molar-refractivity contribution is -0.121. The predicted molar refractivity (Wildman–Crippen MR) is 68.8 cm³/mol. The van der Waals surface area contributed by atoms with Gasteiger partial charge >= 0.3 is 0 Å². The third-order valence-corrected chi connectivity index (χ3v) is 5.28. The number of Topliss-reactive ketones (excluding diaryl/α,β-unsaturated/α-hetero) is 1. The van der Waals surface area contributed by atoms with E-state index in [0.717, 1.165) is 5.56 Å². The van der Waals surface area contributed by atoms with Gasteiger partial charge in [-0.3, -0.25) is 4.79 Å². The second-order valence-electron chi connectivity index (χ2n) is 4.77. The van der Waals surface area contributed by atoms with Gasteiger partial charge in [0.05, 0.1) is 4.90 Å². The molecule has 0 amide bonds. The average molecular weight is 267 g/mol. The first-order chi connectivity index (χ1) is 8.41. The molecule has 1 aliphatic rings. The number of carbonyl (C=O) groups excluding carboxylic acids is 1. The lowest BCUT2D eigenvalue weighted by atomic mass is 10.1. The van der Waals surface area contributed by atoms with Crippen LogP contribution in [-0.2, 0) is 14.8 Å². The lowest BCUT2D eigenvalue weighted by Crippen LogP contribution is -2.44. The van der Waals surface area contributed by atoms with Gasteiger partial charge in [-0.2, -0.15) is 4.31 Å². The van der Waals surface area contributed by atoms with Gasteiger partial charge in [-0.05, 0) is 26.0 Å². The molecule has 0 unspecified atom stereocenters. The van der Waals surface area contributed by atoms with Crippen LogP contribution in [0.25, 0.3) is 0 Å². The highest BCUT2D eigenvalue weighted by Gasteiger charge is 2.33. The summed E-state index contributed by atoms with van der Waals surface area (Å²) in [5, 5.41) is 0. The molecule has 1 atom stereocenters. The van der Waals surface area contributed by atoms with Gasteiger partial charge in [-0.1, -0.05) is 17.7 Å². The molecule has 0 spiro atoms. The summed E-state index contributed by atoms with van der Waals surface area (Å²) in [6, 6.07) is 6.55. The molecule has 98 valence electrons. The first kappa shape index (κ1) is 13.2. The maximum Gasteiger partial charge on any atom is 0.243 e. The summed E-state index contributed by atoms with van der Waals surface area (Å²) >= 11 is 0. The molecule has 0 bridgehead atoms. The fraction of sp³-hybridized carbons (Fsp3) is 0.462. The number of benzene rings is 1. The Bertz CT molecular complexity index is 548. The molecular formula is C13H17NO3S. The molecule has 18 heavy (non-hydrogen) atoms. The van der Waals surface area contributed by atoms with Gasteiger partial charge in [0.2, 0.25) is 10.0 Å². The highest BCUT2D eigenvalue weighted by Crippen LogP contribution is 2.23. The highest BCUT2D eigenvalue weighted by molar-refractivity contribution is 7.89. The maximum atomic E-state index is 12.4. The average Bonchev–Trinajstić information content (AvgIpc) is 2.29.